The number of benzene rings is 2. The third-order valence-electron chi connectivity index (χ3n) is 3.48. The molecule has 0 aliphatic rings. The summed E-state index contributed by atoms with van der Waals surface area (Å²) in [4.78, 5) is 34.8. The minimum absolute atomic E-state index is 0.159. The molecule has 8 nitrogen and oxygen atoms in total. The van der Waals surface area contributed by atoms with Crippen molar-refractivity contribution in [2.45, 2.75) is 0 Å². The Hall–Kier alpha value is -3.55. The zero-order chi connectivity index (χ0) is 19.6. The third kappa shape index (κ3) is 6.35. The Morgan fingerprint density at radius 2 is 1.52 bits per heavy atom. The standard InChI is InChI=1S/C19H20N2O6/c1-25-15-7-9-16(10-8-15)27-12-17(22)21-14-5-3-13(4-6-14)19(24)20-11-18(23)26-2/h3-10H,11-12H2,1-2H3,(H,20,24)(H,21,22). The Kier molecular flexibility index (Phi) is 7.18. The number of carbonyl (C=O) groups excluding carboxylic acids is 3. The number of carbonyl (C=O) groups is 3. The van der Waals surface area contributed by atoms with E-state index >= 15 is 0 Å². The molecule has 0 heterocycles. The molecule has 0 saturated carbocycles. The average Bonchev–Trinajstić information content (AvgIpc) is 2.71. The number of amides is 2. The van der Waals surface area contributed by atoms with E-state index in [9.17, 15) is 14.4 Å². The van der Waals surface area contributed by atoms with Gasteiger partial charge in [-0.05, 0) is 48.5 Å². The van der Waals surface area contributed by atoms with E-state index < -0.39 is 11.9 Å². The highest BCUT2D eigenvalue weighted by Gasteiger charge is 2.09. The molecule has 2 N–H and O–H groups in total. The monoisotopic (exact) mass is 372 g/mol. The van der Waals surface area contributed by atoms with Crippen LogP contribution in [0.1, 0.15) is 10.4 Å². The Morgan fingerprint density at radius 3 is 2.11 bits per heavy atom. The van der Waals surface area contributed by atoms with Gasteiger partial charge in [-0.1, -0.05) is 0 Å². The van der Waals surface area contributed by atoms with Crippen LogP contribution in [-0.4, -0.2) is 45.2 Å². The summed E-state index contributed by atoms with van der Waals surface area (Å²) in [5.74, 6) is -0.0509. The van der Waals surface area contributed by atoms with Gasteiger partial charge in [-0.15, -0.1) is 0 Å². The molecule has 8 heteroatoms. The molecule has 2 aromatic carbocycles. The van der Waals surface area contributed by atoms with E-state index in [1.54, 1.807) is 43.5 Å². The molecule has 2 rings (SSSR count). The van der Waals surface area contributed by atoms with Crippen molar-refractivity contribution < 1.29 is 28.6 Å². The van der Waals surface area contributed by atoms with Gasteiger partial charge >= 0.3 is 5.97 Å². The fourth-order valence-electron chi connectivity index (χ4n) is 2.05. The second-order valence-corrected chi connectivity index (χ2v) is 5.35. The molecule has 0 aromatic heterocycles. The summed E-state index contributed by atoms with van der Waals surface area (Å²) >= 11 is 0. The maximum Gasteiger partial charge on any atom is 0.325 e. The van der Waals surface area contributed by atoms with E-state index in [4.69, 9.17) is 9.47 Å². The first-order valence-corrected chi connectivity index (χ1v) is 8.03. The molecule has 0 spiro atoms. The molecule has 142 valence electrons. The second-order valence-electron chi connectivity index (χ2n) is 5.35. The molecule has 0 atom stereocenters. The van der Waals surface area contributed by atoms with Crippen molar-refractivity contribution in [3.63, 3.8) is 0 Å². The van der Waals surface area contributed by atoms with Gasteiger partial charge in [-0.3, -0.25) is 14.4 Å². The molecule has 2 amide bonds. The number of nitrogens with one attached hydrogen (secondary N) is 2. The van der Waals surface area contributed by atoms with Crippen LogP contribution in [0.15, 0.2) is 48.5 Å². The maximum absolute atomic E-state index is 11.9. The van der Waals surface area contributed by atoms with Crippen LogP contribution in [0.25, 0.3) is 0 Å². The van der Waals surface area contributed by atoms with Crippen molar-refractivity contribution in [1.29, 1.82) is 0 Å². The summed E-state index contributed by atoms with van der Waals surface area (Å²) in [6.45, 7) is -0.371. The van der Waals surface area contributed by atoms with Crippen LogP contribution in [0.2, 0.25) is 0 Å². The van der Waals surface area contributed by atoms with E-state index in [0.717, 1.165) is 0 Å². The Bertz CT molecular complexity index is 787. The van der Waals surface area contributed by atoms with Gasteiger partial charge in [0.05, 0.1) is 14.2 Å². The third-order valence-corrected chi connectivity index (χ3v) is 3.48. The number of ether oxygens (including phenoxy) is 3. The lowest BCUT2D eigenvalue weighted by atomic mass is 10.2. The molecule has 0 bridgehead atoms. The summed E-state index contributed by atoms with van der Waals surface area (Å²) in [5.41, 5.74) is 0.870. The van der Waals surface area contributed by atoms with Crippen molar-refractivity contribution in [1.82, 2.24) is 5.32 Å². The maximum atomic E-state index is 11.9. The number of rotatable bonds is 8. The highest BCUT2D eigenvalue weighted by atomic mass is 16.5. The van der Waals surface area contributed by atoms with E-state index in [-0.39, 0.29) is 19.1 Å². The molecule has 2 aromatic rings. The zero-order valence-electron chi connectivity index (χ0n) is 15.0. The number of methoxy groups -OCH3 is 2. The molecular formula is C19H20N2O6. The van der Waals surface area contributed by atoms with Crippen LogP contribution in [-0.2, 0) is 14.3 Å². The molecule has 0 fully saturated rings. The summed E-state index contributed by atoms with van der Waals surface area (Å²) in [6.07, 6.45) is 0. The number of esters is 1. The van der Waals surface area contributed by atoms with Crippen molar-refractivity contribution in [2.75, 3.05) is 32.7 Å². The number of hydrogen-bond acceptors (Lipinski definition) is 6. The summed E-state index contributed by atoms with van der Waals surface area (Å²) in [6, 6.07) is 13.1. The van der Waals surface area contributed by atoms with E-state index in [2.05, 4.69) is 15.4 Å². The summed E-state index contributed by atoms with van der Waals surface area (Å²) in [5, 5.41) is 5.09. The lowest BCUT2D eigenvalue weighted by Gasteiger charge is -2.09. The molecule has 0 aliphatic carbocycles. The topological polar surface area (TPSA) is 103 Å². The Labute approximate surface area is 156 Å². The van der Waals surface area contributed by atoms with Crippen LogP contribution in [0.4, 0.5) is 5.69 Å². The molecule has 0 saturated heterocycles. The Balaban J connectivity index is 1.81. The van der Waals surface area contributed by atoms with Gasteiger partial charge in [0.2, 0.25) is 0 Å². The Morgan fingerprint density at radius 1 is 0.889 bits per heavy atom. The average molecular weight is 372 g/mol. The first-order chi connectivity index (χ1) is 13.0. The second kappa shape index (κ2) is 9.81. The van der Waals surface area contributed by atoms with Crippen molar-refractivity contribution in [3.8, 4) is 11.5 Å². The van der Waals surface area contributed by atoms with E-state index in [0.29, 0.717) is 22.7 Å². The van der Waals surface area contributed by atoms with Crippen LogP contribution >= 0.6 is 0 Å². The fourth-order valence-corrected chi connectivity index (χ4v) is 2.05. The lowest BCUT2D eigenvalue weighted by Crippen LogP contribution is -2.30. The smallest absolute Gasteiger partial charge is 0.325 e. The highest BCUT2D eigenvalue weighted by Crippen LogP contribution is 2.17. The first-order valence-electron chi connectivity index (χ1n) is 8.03. The quantitative estimate of drug-likeness (QED) is 0.683. The lowest BCUT2D eigenvalue weighted by molar-refractivity contribution is -0.139. The van der Waals surface area contributed by atoms with Crippen LogP contribution < -0.4 is 20.1 Å². The van der Waals surface area contributed by atoms with Crippen LogP contribution in [0, 0.1) is 0 Å². The van der Waals surface area contributed by atoms with Gasteiger partial charge in [0, 0.05) is 11.3 Å². The number of anilines is 1. The van der Waals surface area contributed by atoms with Gasteiger partial charge in [0.1, 0.15) is 18.0 Å². The van der Waals surface area contributed by atoms with Gasteiger partial charge in [-0.2, -0.15) is 0 Å². The number of hydrogen-bond donors (Lipinski definition) is 2. The van der Waals surface area contributed by atoms with Crippen molar-refractivity contribution in [2.24, 2.45) is 0 Å². The molecule has 0 aliphatic heterocycles. The largest absolute Gasteiger partial charge is 0.497 e. The minimum atomic E-state index is -0.538. The van der Waals surface area contributed by atoms with Crippen LogP contribution in [0.3, 0.4) is 0 Å². The summed E-state index contributed by atoms with van der Waals surface area (Å²) in [7, 11) is 2.81. The minimum Gasteiger partial charge on any atom is -0.497 e. The molecule has 0 radical (unpaired) electrons. The SMILES string of the molecule is COC(=O)CNC(=O)c1ccc(NC(=O)COc2ccc(OC)cc2)cc1. The van der Waals surface area contributed by atoms with Crippen LogP contribution in [0.5, 0.6) is 11.5 Å². The first kappa shape index (κ1) is 19.8. The van der Waals surface area contributed by atoms with E-state index in [1.807, 2.05) is 0 Å². The normalized spacial score (nSPS) is 9.85. The van der Waals surface area contributed by atoms with Gasteiger partial charge in [0.15, 0.2) is 6.61 Å². The predicted octanol–water partition coefficient (Wildman–Crippen LogP) is 1.62. The van der Waals surface area contributed by atoms with Crippen molar-refractivity contribution in [3.05, 3.63) is 54.1 Å². The zero-order valence-corrected chi connectivity index (χ0v) is 15.0. The van der Waals surface area contributed by atoms with E-state index in [1.165, 1.54) is 19.2 Å². The molecule has 0 unspecified atom stereocenters. The van der Waals surface area contributed by atoms with Gasteiger partial charge < -0.3 is 24.8 Å². The highest BCUT2D eigenvalue weighted by molar-refractivity contribution is 5.97. The van der Waals surface area contributed by atoms with Gasteiger partial charge in [0.25, 0.3) is 11.8 Å². The fraction of sp³-hybridized carbons (Fsp3) is 0.211. The van der Waals surface area contributed by atoms with Gasteiger partial charge in [-0.25, -0.2) is 0 Å². The molecular weight excluding hydrogens is 352 g/mol. The molecule has 27 heavy (non-hydrogen) atoms. The predicted molar refractivity (Wildman–Crippen MR) is 97.9 cm³/mol. The van der Waals surface area contributed by atoms with Crippen molar-refractivity contribution >= 4 is 23.5 Å². The summed E-state index contributed by atoms with van der Waals surface area (Å²) < 4.78 is 14.9.